The van der Waals surface area contributed by atoms with E-state index in [0.717, 1.165) is 74.1 Å². The number of aryl methyl sites for hydroxylation is 1. The van der Waals surface area contributed by atoms with Gasteiger partial charge in [-0.25, -0.2) is 8.78 Å². The van der Waals surface area contributed by atoms with Crippen molar-refractivity contribution in [1.29, 1.82) is 0 Å². The van der Waals surface area contributed by atoms with Gasteiger partial charge in [0.2, 0.25) is 0 Å². The molecule has 7 nitrogen and oxygen atoms in total. The van der Waals surface area contributed by atoms with Crippen molar-refractivity contribution in [2.75, 3.05) is 13.1 Å². The molecule has 2 fully saturated rings. The van der Waals surface area contributed by atoms with Gasteiger partial charge in [0.25, 0.3) is 5.56 Å². The van der Waals surface area contributed by atoms with E-state index in [1.54, 1.807) is 23.9 Å². The largest absolute Gasteiger partial charge is 0.392 e. The van der Waals surface area contributed by atoms with E-state index in [0.29, 0.717) is 23.6 Å². The number of nitrogens with zero attached hydrogens (tertiary/aromatic N) is 4. The monoisotopic (exact) mass is 506 g/mol. The van der Waals surface area contributed by atoms with Gasteiger partial charge in [-0.05, 0) is 61.1 Å². The van der Waals surface area contributed by atoms with Gasteiger partial charge >= 0.3 is 0 Å². The number of oxime groups is 1. The highest BCUT2D eigenvalue weighted by Gasteiger charge is 2.43. The van der Waals surface area contributed by atoms with Crippen LogP contribution in [0.4, 0.5) is 8.78 Å². The average molecular weight is 507 g/mol. The zero-order chi connectivity index (χ0) is 25.6. The van der Waals surface area contributed by atoms with Crippen LogP contribution in [0.2, 0.25) is 0 Å². The van der Waals surface area contributed by atoms with Crippen LogP contribution in [0.1, 0.15) is 53.6 Å². The van der Waals surface area contributed by atoms with Gasteiger partial charge in [-0.1, -0.05) is 11.2 Å². The van der Waals surface area contributed by atoms with Crippen LogP contribution in [0.5, 0.6) is 0 Å². The molecule has 6 rings (SSSR count). The Labute approximate surface area is 213 Å². The number of benzene rings is 1. The molecule has 0 radical (unpaired) electrons. The summed E-state index contributed by atoms with van der Waals surface area (Å²) in [5.41, 5.74) is 4.11. The molecule has 1 aliphatic carbocycles. The average Bonchev–Trinajstić information content (AvgIpc) is 3.67. The summed E-state index contributed by atoms with van der Waals surface area (Å²) in [6.07, 6.45) is 7.27. The Bertz CT molecular complexity index is 1410. The van der Waals surface area contributed by atoms with Crippen LogP contribution >= 0.6 is 0 Å². The highest BCUT2D eigenvalue weighted by atomic mass is 19.2. The van der Waals surface area contributed by atoms with Gasteiger partial charge in [0, 0.05) is 56.3 Å². The molecule has 0 unspecified atom stereocenters. The lowest BCUT2D eigenvalue weighted by Crippen LogP contribution is -2.42. The zero-order valence-corrected chi connectivity index (χ0v) is 20.6. The quantitative estimate of drug-likeness (QED) is 0.373. The second-order valence-corrected chi connectivity index (χ2v) is 10.1. The number of aromatic nitrogens is 2. The fraction of sp³-hybridized carbons (Fsp3) is 0.393. The Morgan fingerprint density at radius 3 is 2.68 bits per heavy atom. The summed E-state index contributed by atoms with van der Waals surface area (Å²) in [6.45, 7) is 2.95. The number of pyridine rings is 2. The van der Waals surface area contributed by atoms with Crippen LogP contribution in [0.25, 0.3) is 0 Å². The van der Waals surface area contributed by atoms with E-state index >= 15 is 0 Å². The topological polar surface area (TPSA) is 69.0 Å². The summed E-state index contributed by atoms with van der Waals surface area (Å²) in [5.74, 6) is -1.85. The Morgan fingerprint density at radius 1 is 1.16 bits per heavy atom. The predicted molar refractivity (Wildman–Crippen MR) is 133 cm³/mol. The number of halogens is 2. The minimum absolute atomic E-state index is 0.00830. The molecular formula is C28H28F2N4O3. The van der Waals surface area contributed by atoms with Crippen molar-refractivity contribution in [2.45, 2.75) is 50.5 Å². The molecule has 3 aromatic rings. The van der Waals surface area contributed by atoms with Crippen LogP contribution in [-0.2, 0) is 35.4 Å². The maximum atomic E-state index is 13.9. The Hall–Kier alpha value is -3.43. The molecule has 1 spiro atoms. The first-order valence-electron chi connectivity index (χ1n) is 12.6. The fourth-order valence-electron chi connectivity index (χ4n) is 5.11. The molecule has 37 heavy (non-hydrogen) atoms. The first-order valence-corrected chi connectivity index (χ1v) is 12.6. The molecule has 3 aliphatic rings. The number of piperidine rings is 1. The molecule has 9 heteroatoms. The standard InChI is InChI=1S/C28H28F2N4O3/c1-33-16-20-17-36-28(22(20)13-26(33)35)8-10-34(11-9-28)15-18-2-7-25(31-14-18)27(32-37-21-4-5-21)19-3-6-23(29)24(30)12-19/h2-3,6-7,12-14,16,21H,4-5,8-11,15,17H2,1H3/b32-27+. The van der Waals surface area contributed by atoms with Crippen molar-refractivity contribution >= 4 is 5.71 Å². The highest BCUT2D eigenvalue weighted by molar-refractivity contribution is 6.11. The molecule has 0 bridgehead atoms. The lowest BCUT2D eigenvalue weighted by atomic mass is 9.84. The molecule has 2 aromatic heterocycles. The third-order valence-corrected chi connectivity index (χ3v) is 7.45. The van der Waals surface area contributed by atoms with Crippen molar-refractivity contribution in [3.8, 4) is 0 Å². The van der Waals surface area contributed by atoms with Crippen molar-refractivity contribution < 1.29 is 18.4 Å². The molecule has 0 amide bonds. The summed E-state index contributed by atoms with van der Waals surface area (Å²) >= 11 is 0. The maximum Gasteiger partial charge on any atom is 0.250 e. The summed E-state index contributed by atoms with van der Waals surface area (Å²) in [6, 6.07) is 9.22. The number of likely N-dealkylation sites (tertiary alicyclic amines) is 1. The van der Waals surface area contributed by atoms with Gasteiger partial charge in [-0.2, -0.15) is 0 Å². The molecule has 192 valence electrons. The van der Waals surface area contributed by atoms with Crippen molar-refractivity contribution in [1.82, 2.24) is 14.5 Å². The molecule has 4 heterocycles. The van der Waals surface area contributed by atoms with Crippen LogP contribution < -0.4 is 5.56 Å². The summed E-state index contributed by atoms with van der Waals surface area (Å²) in [7, 11) is 1.77. The number of fused-ring (bicyclic) bond motifs is 2. The third kappa shape index (κ3) is 4.81. The van der Waals surface area contributed by atoms with Crippen molar-refractivity contribution in [3.05, 3.63) is 98.7 Å². The van der Waals surface area contributed by atoms with Crippen LogP contribution in [0.3, 0.4) is 0 Å². The van der Waals surface area contributed by atoms with Crippen molar-refractivity contribution in [2.24, 2.45) is 12.2 Å². The predicted octanol–water partition coefficient (Wildman–Crippen LogP) is 4.01. The minimum Gasteiger partial charge on any atom is -0.392 e. The SMILES string of the molecule is Cn1cc2c(cc1=O)C1(CCN(Cc3ccc(/C(=N/OC4CC4)c4ccc(F)c(F)c4)nc3)CC1)OC2. The molecule has 1 saturated carbocycles. The highest BCUT2D eigenvalue weighted by Crippen LogP contribution is 2.43. The smallest absolute Gasteiger partial charge is 0.250 e. The molecule has 1 aromatic carbocycles. The Balaban J connectivity index is 1.14. The van der Waals surface area contributed by atoms with Crippen molar-refractivity contribution in [3.63, 3.8) is 0 Å². The first kappa shape index (κ1) is 23.9. The van der Waals surface area contributed by atoms with E-state index in [-0.39, 0.29) is 17.3 Å². The lowest BCUT2D eigenvalue weighted by molar-refractivity contribution is -0.0799. The fourth-order valence-corrected chi connectivity index (χ4v) is 5.11. The zero-order valence-electron chi connectivity index (χ0n) is 20.6. The first-order chi connectivity index (χ1) is 17.9. The summed E-state index contributed by atoms with van der Waals surface area (Å²) in [5, 5.41) is 4.23. The van der Waals surface area contributed by atoms with Crippen LogP contribution in [0, 0.1) is 11.6 Å². The molecule has 2 aliphatic heterocycles. The number of hydrogen-bond donors (Lipinski definition) is 0. The van der Waals surface area contributed by atoms with Crippen LogP contribution in [0.15, 0.2) is 58.7 Å². The van der Waals surface area contributed by atoms with Gasteiger partial charge in [-0.3, -0.25) is 14.7 Å². The molecule has 1 saturated heterocycles. The second kappa shape index (κ2) is 9.46. The van der Waals surface area contributed by atoms with E-state index in [1.165, 1.54) is 6.07 Å². The van der Waals surface area contributed by atoms with Gasteiger partial charge < -0.3 is 14.1 Å². The minimum atomic E-state index is -0.939. The maximum absolute atomic E-state index is 13.9. The second-order valence-electron chi connectivity index (χ2n) is 10.1. The molecule has 0 atom stereocenters. The normalized spacial score (nSPS) is 19.3. The van der Waals surface area contributed by atoms with E-state index in [4.69, 9.17) is 9.57 Å². The number of rotatable bonds is 6. The Morgan fingerprint density at radius 2 is 1.97 bits per heavy atom. The third-order valence-electron chi connectivity index (χ3n) is 7.45. The molecule has 0 N–H and O–H groups in total. The number of ether oxygens (including phenoxy) is 1. The van der Waals surface area contributed by atoms with Gasteiger partial charge in [0.1, 0.15) is 11.8 Å². The number of hydrogen-bond acceptors (Lipinski definition) is 6. The summed E-state index contributed by atoms with van der Waals surface area (Å²) in [4.78, 5) is 24.7. The van der Waals surface area contributed by atoms with Gasteiger partial charge in [-0.15, -0.1) is 0 Å². The van der Waals surface area contributed by atoms with E-state index in [9.17, 15) is 13.6 Å². The van der Waals surface area contributed by atoms with E-state index in [1.807, 2.05) is 18.3 Å². The lowest BCUT2D eigenvalue weighted by Gasteiger charge is -2.39. The molecular weight excluding hydrogens is 478 g/mol. The summed E-state index contributed by atoms with van der Waals surface area (Å²) < 4.78 is 35.2. The van der Waals surface area contributed by atoms with E-state index in [2.05, 4.69) is 15.0 Å². The Kier molecular flexibility index (Phi) is 6.12. The van der Waals surface area contributed by atoms with Crippen LogP contribution in [-0.4, -0.2) is 39.4 Å². The van der Waals surface area contributed by atoms with E-state index < -0.39 is 11.6 Å². The van der Waals surface area contributed by atoms with Gasteiger partial charge in [0.05, 0.1) is 17.9 Å². The van der Waals surface area contributed by atoms with Gasteiger partial charge in [0.15, 0.2) is 11.6 Å².